The standard InChI is InChI=1S/C21H15F3N2O2/c22-21(23,24)16-11-12-17(25-19(27)14-7-3-1-4-8-14)18(13-16)26-20(28)15-9-5-2-6-10-15/h1-13H,(H,25,27)(H,26,28). The first-order valence-electron chi connectivity index (χ1n) is 8.28. The third kappa shape index (κ3) is 4.56. The van der Waals surface area contributed by atoms with Crippen molar-refractivity contribution in [2.24, 2.45) is 0 Å². The summed E-state index contributed by atoms with van der Waals surface area (Å²) in [6, 6.07) is 19.0. The van der Waals surface area contributed by atoms with Crippen LogP contribution in [0.3, 0.4) is 0 Å². The lowest BCUT2D eigenvalue weighted by Crippen LogP contribution is -2.18. The molecule has 0 unspecified atom stereocenters. The lowest BCUT2D eigenvalue weighted by molar-refractivity contribution is -0.137. The second-order valence-corrected chi connectivity index (χ2v) is 5.90. The van der Waals surface area contributed by atoms with Crippen molar-refractivity contribution in [2.45, 2.75) is 6.18 Å². The van der Waals surface area contributed by atoms with Gasteiger partial charge in [-0.2, -0.15) is 13.2 Å². The molecule has 0 aromatic heterocycles. The van der Waals surface area contributed by atoms with E-state index in [0.29, 0.717) is 5.56 Å². The average molecular weight is 384 g/mol. The molecule has 0 bridgehead atoms. The van der Waals surface area contributed by atoms with E-state index in [1.807, 2.05) is 0 Å². The van der Waals surface area contributed by atoms with Crippen LogP contribution in [0.4, 0.5) is 24.5 Å². The lowest BCUT2D eigenvalue weighted by atomic mass is 10.1. The summed E-state index contributed by atoms with van der Waals surface area (Å²) in [7, 11) is 0. The molecular weight excluding hydrogens is 369 g/mol. The zero-order valence-corrected chi connectivity index (χ0v) is 14.5. The van der Waals surface area contributed by atoms with E-state index in [1.54, 1.807) is 48.5 Å². The second kappa shape index (κ2) is 7.96. The van der Waals surface area contributed by atoms with Crippen LogP contribution >= 0.6 is 0 Å². The Morgan fingerprint density at radius 3 is 1.57 bits per heavy atom. The number of amides is 2. The van der Waals surface area contributed by atoms with Gasteiger partial charge in [0.25, 0.3) is 11.8 Å². The fourth-order valence-electron chi connectivity index (χ4n) is 2.50. The molecule has 0 aliphatic heterocycles. The fourth-order valence-corrected chi connectivity index (χ4v) is 2.50. The summed E-state index contributed by atoms with van der Waals surface area (Å²) in [5.41, 5.74) is -0.407. The molecule has 0 fully saturated rings. The zero-order valence-electron chi connectivity index (χ0n) is 14.5. The highest BCUT2D eigenvalue weighted by atomic mass is 19.4. The van der Waals surface area contributed by atoms with Crippen LogP contribution in [0.25, 0.3) is 0 Å². The van der Waals surface area contributed by atoms with Gasteiger partial charge in [0, 0.05) is 11.1 Å². The minimum Gasteiger partial charge on any atom is -0.320 e. The van der Waals surface area contributed by atoms with Crippen molar-refractivity contribution < 1.29 is 22.8 Å². The molecule has 0 spiro atoms. The van der Waals surface area contributed by atoms with Gasteiger partial charge in [-0.05, 0) is 42.5 Å². The summed E-state index contributed by atoms with van der Waals surface area (Å²) < 4.78 is 39.3. The molecule has 0 atom stereocenters. The quantitative estimate of drug-likeness (QED) is 0.649. The van der Waals surface area contributed by atoms with Crippen LogP contribution < -0.4 is 10.6 Å². The smallest absolute Gasteiger partial charge is 0.320 e. The molecule has 2 amide bonds. The second-order valence-electron chi connectivity index (χ2n) is 5.90. The number of anilines is 2. The number of carbonyl (C=O) groups is 2. The third-order valence-electron chi connectivity index (χ3n) is 3.92. The summed E-state index contributed by atoms with van der Waals surface area (Å²) in [5, 5.41) is 4.98. The van der Waals surface area contributed by atoms with Crippen molar-refractivity contribution in [1.29, 1.82) is 0 Å². The maximum Gasteiger partial charge on any atom is 0.416 e. The van der Waals surface area contributed by atoms with Crippen molar-refractivity contribution in [3.63, 3.8) is 0 Å². The van der Waals surface area contributed by atoms with Gasteiger partial charge in [0.2, 0.25) is 0 Å². The minimum absolute atomic E-state index is 0.0612. The third-order valence-corrected chi connectivity index (χ3v) is 3.92. The molecule has 0 saturated carbocycles. The minimum atomic E-state index is -4.59. The maximum absolute atomic E-state index is 13.1. The first-order valence-corrected chi connectivity index (χ1v) is 8.28. The van der Waals surface area contributed by atoms with E-state index in [0.717, 1.165) is 18.2 Å². The number of benzene rings is 3. The molecule has 0 saturated heterocycles. The van der Waals surface area contributed by atoms with Crippen LogP contribution in [0.2, 0.25) is 0 Å². The highest BCUT2D eigenvalue weighted by Crippen LogP contribution is 2.34. The molecule has 3 aromatic carbocycles. The predicted octanol–water partition coefficient (Wildman–Crippen LogP) is 5.21. The molecule has 2 N–H and O–H groups in total. The zero-order chi connectivity index (χ0) is 20.1. The number of hydrogen-bond donors (Lipinski definition) is 2. The number of rotatable bonds is 4. The summed E-state index contributed by atoms with van der Waals surface area (Å²) in [6.07, 6.45) is -4.59. The van der Waals surface area contributed by atoms with E-state index < -0.39 is 23.6 Å². The van der Waals surface area contributed by atoms with Crippen molar-refractivity contribution in [1.82, 2.24) is 0 Å². The Morgan fingerprint density at radius 1 is 0.643 bits per heavy atom. The van der Waals surface area contributed by atoms with Gasteiger partial charge in [-0.1, -0.05) is 36.4 Å². The normalized spacial score (nSPS) is 11.0. The Bertz CT molecular complexity index is 988. The molecule has 0 radical (unpaired) electrons. The molecule has 7 heteroatoms. The van der Waals surface area contributed by atoms with Gasteiger partial charge in [0.15, 0.2) is 0 Å². The van der Waals surface area contributed by atoms with Gasteiger partial charge in [0.1, 0.15) is 0 Å². The SMILES string of the molecule is O=C(Nc1ccc(C(F)(F)F)cc1NC(=O)c1ccccc1)c1ccccc1. The van der Waals surface area contributed by atoms with E-state index in [1.165, 1.54) is 12.1 Å². The first kappa shape index (κ1) is 19.2. The largest absolute Gasteiger partial charge is 0.416 e. The fraction of sp³-hybridized carbons (Fsp3) is 0.0476. The van der Waals surface area contributed by atoms with Crippen LogP contribution in [0.5, 0.6) is 0 Å². The number of halogens is 3. The van der Waals surface area contributed by atoms with Crippen LogP contribution in [0.15, 0.2) is 78.9 Å². The molecule has 0 aliphatic carbocycles. The molecule has 3 rings (SSSR count). The van der Waals surface area contributed by atoms with E-state index >= 15 is 0 Å². The maximum atomic E-state index is 13.1. The van der Waals surface area contributed by atoms with Crippen molar-refractivity contribution in [2.75, 3.05) is 10.6 Å². The van der Waals surface area contributed by atoms with E-state index in [9.17, 15) is 22.8 Å². The van der Waals surface area contributed by atoms with Gasteiger partial charge in [-0.25, -0.2) is 0 Å². The van der Waals surface area contributed by atoms with E-state index in [2.05, 4.69) is 10.6 Å². The molecule has 142 valence electrons. The van der Waals surface area contributed by atoms with Gasteiger partial charge in [0.05, 0.1) is 16.9 Å². The lowest BCUT2D eigenvalue weighted by Gasteiger charge is -2.15. The monoisotopic (exact) mass is 384 g/mol. The Kier molecular flexibility index (Phi) is 5.44. The number of nitrogens with one attached hydrogen (secondary N) is 2. The molecular formula is C21H15F3N2O2. The summed E-state index contributed by atoms with van der Waals surface area (Å²) in [6.45, 7) is 0. The topological polar surface area (TPSA) is 58.2 Å². The first-order chi connectivity index (χ1) is 13.3. The summed E-state index contributed by atoms with van der Waals surface area (Å²) in [5.74, 6) is -1.09. The number of alkyl halides is 3. The Hall–Kier alpha value is -3.61. The highest BCUT2D eigenvalue weighted by Gasteiger charge is 2.31. The Balaban J connectivity index is 1.92. The molecule has 0 heterocycles. The van der Waals surface area contributed by atoms with Crippen molar-refractivity contribution in [3.8, 4) is 0 Å². The van der Waals surface area contributed by atoms with E-state index in [-0.39, 0.29) is 16.9 Å². The number of carbonyl (C=O) groups excluding carboxylic acids is 2. The summed E-state index contributed by atoms with van der Waals surface area (Å²) in [4.78, 5) is 24.7. The Morgan fingerprint density at radius 2 is 1.11 bits per heavy atom. The Labute approximate surface area is 159 Å². The van der Waals surface area contributed by atoms with Crippen LogP contribution in [-0.4, -0.2) is 11.8 Å². The number of hydrogen-bond acceptors (Lipinski definition) is 2. The molecule has 4 nitrogen and oxygen atoms in total. The van der Waals surface area contributed by atoms with Crippen LogP contribution in [0.1, 0.15) is 26.3 Å². The van der Waals surface area contributed by atoms with Crippen molar-refractivity contribution >= 4 is 23.2 Å². The van der Waals surface area contributed by atoms with E-state index in [4.69, 9.17) is 0 Å². The van der Waals surface area contributed by atoms with Gasteiger partial charge < -0.3 is 10.6 Å². The van der Waals surface area contributed by atoms with Crippen molar-refractivity contribution in [3.05, 3.63) is 95.6 Å². The van der Waals surface area contributed by atoms with Gasteiger partial charge in [-0.3, -0.25) is 9.59 Å². The summed E-state index contributed by atoms with van der Waals surface area (Å²) >= 11 is 0. The van der Waals surface area contributed by atoms with Crippen LogP contribution in [-0.2, 0) is 6.18 Å². The highest BCUT2D eigenvalue weighted by molar-refractivity contribution is 6.10. The molecule has 28 heavy (non-hydrogen) atoms. The molecule has 0 aliphatic rings. The van der Waals surface area contributed by atoms with Crippen LogP contribution in [0, 0.1) is 0 Å². The van der Waals surface area contributed by atoms with Gasteiger partial charge in [-0.15, -0.1) is 0 Å². The predicted molar refractivity (Wildman–Crippen MR) is 100 cm³/mol. The van der Waals surface area contributed by atoms with Gasteiger partial charge >= 0.3 is 6.18 Å². The molecule has 3 aromatic rings. The average Bonchev–Trinajstić information content (AvgIpc) is 2.69.